The molecule has 2 aromatic rings. The number of halogens is 1. The van der Waals surface area contributed by atoms with Gasteiger partial charge in [-0.05, 0) is 69.5 Å². The standard InChI is InChI=1S/C23H30N4O3S.ClH/c1-16-15-17(2)22(24-19(16)4)25-10-12-26(13-11-25)23(28)20-5-7-21(8-6-20)27-18(3)9-14-31(27,29)30;/h5-8,15,18H,9-14H2,1-4H3;1H/t18-;/m1./s1. The third-order valence-corrected chi connectivity index (χ3v) is 8.28. The molecule has 0 saturated carbocycles. The van der Waals surface area contributed by atoms with Crippen LogP contribution in [-0.4, -0.2) is 62.2 Å². The van der Waals surface area contributed by atoms with Crippen LogP contribution in [0.5, 0.6) is 0 Å². The van der Waals surface area contributed by atoms with Gasteiger partial charge in [-0.15, -0.1) is 12.4 Å². The number of anilines is 2. The maximum atomic E-state index is 13.0. The van der Waals surface area contributed by atoms with E-state index in [0.717, 1.165) is 30.2 Å². The molecule has 0 unspecified atom stereocenters. The van der Waals surface area contributed by atoms with Crippen LogP contribution in [0.15, 0.2) is 30.3 Å². The second kappa shape index (κ2) is 9.27. The first-order valence-electron chi connectivity index (χ1n) is 10.8. The summed E-state index contributed by atoms with van der Waals surface area (Å²) in [6.07, 6.45) is 0.627. The van der Waals surface area contributed by atoms with Gasteiger partial charge in [-0.3, -0.25) is 9.10 Å². The van der Waals surface area contributed by atoms with E-state index in [0.29, 0.717) is 30.8 Å². The Labute approximate surface area is 196 Å². The minimum atomic E-state index is -3.26. The number of piperazine rings is 1. The summed E-state index contributed by atoms with van der Waals surface area (Å²) in [5, 5.41) is 0. The van der Waals surface area contributed by atoms with Gasteiger partial charge in [-0.2, -0.15) is 0 Å². The zero-order chi connectivity index (χ0) is 22.3. The van der Waals surface area contributed by atoms with Crippen molar-refractivity contribution < 1.29 is 13.2 Å². The maximum absolute atomic E-state index is 13.0. The van der Waals surface area contributed by atoms with Crippen molar-refractivity contribution >= 4 is 39.8 Å². The molecule has 7 nitrogen and oxygen atoms in total. The normalized spacial score (nSPS) is 20.2. The van der Waals surface area contributed by atoms with Gasteiger partial charge in [0.25, 0.3) is 5.91 Å². The molecule has 2 aliphatic heterocycles. The first-order valence-corrected chi connectivity index (χ1v) is 12.4. The molecule has 2 aliphatic rings. The number of carbonyl (C=O) groups is 1. The summed E-state index contributed by atoms with van der Waals surface area (Å²) in [6.45, 7) is 10.8. The van der Waals surface area contributed by atoms with E-state index >= 15 is 0 Å². The van der Waals surface area contributed by atoms with Gasteiger partial charge in [0.15, 0.2) is 0 Å². The predicted octanol–water partition coefficient (Wildman–Crippen LogP) is 3.32. The van der Waals surface area contributed by atoms with Crippen LogP contribution in [0.2, 0.25) is 0 Å². The maximum Gasteiger partial charge on any atom is 0.253 e. The van der Waals surface area contributed by atoms with E-state index in [-0.39, 0.29) is 30.1 Å². The third kappa shape index (κ3) is 4.57. The molecular formula is C23H31ClN4O3S. The molecule has 174 valence electrons. The van der Waals surface area contributed by atoms with Gasteiger partial charge in [0.05, 0.1) is 11.4 Å². The van der Waals surface area contributed by atoms with Crippen molar-refractivity contribution in [3.8, 4) is 0 Å². The summed E-state index contributed by atoms with van der Waals surface area (Å²) in [5.74, 6) is 1.15. The molecule has 1 aromatic heterocycles. The van der Waals surface area contributed by atoms with E-state index in [1.807, 2.05) is 18.7 Å². The molecule has 3 heterocycles. The predicted molar refractivity (Wildman–Crippen MR) is 131 cm³/mol. The Bertz CT molecular complexity index is 1100. The molecule has 2 fully saturated rings. The number of nitrogens with zero attached hydrogens (tertiary/aromatic N) is 4. The Balaban J connectivity index is 0.00000289. The van der Waals surface area contributed by atoms with E-state index in [2.05, 4.69) is 24.8 Å². The summed E-state index contributed by atoms with van der Waals surface area (Å²) in [5.41, 5.74) is 4.59. The van der Waals surface area contributed by atoms with E-state index in [4.69, 9.17) is 4.98 Å². The number of benzene rings is 1. The van der Waals surface area contributed by atoms with E-state index in [1.165, 1.54) is 9.87 Å². The molecule has 0 bridgehead atoms. The van der Waals surface area contributed by atoms with Gasteiger partial charge >= 0.3 is 0 Å². The average molecular weight is 479 g/mol. The molecule has 1 atom stereocenters. The first kappa shape index (κ1) is 24.3. The molecule has 32 heavy (non-hydrogen) atoms. The van der Waals surface area contributed by atoms with E-state index in [9.17, 15) is 13.2 Å². The van der Waals surface area contributed by atoms with Crippen molar-refractivity contribution in [1.29, 1.82) is 0 Å². The van der Waals surface area contributed by atoms with Crippen molar-refractivity contribution in [3.63, 3.8) is 0 Å². The number of aryl methyl sites for hydroxylation is 3. The van der Waals surface area contributed by atoms with Crippen molar-refractivity contribution in [1.82, 2.24) is 9.88 Å². The average Bonchev–Trinajstić information content (AvgIpc) is 3.03. The highest BCUT2D eigenvalue weighted by Gasteiger charge is 2.34. The highest BCUT2D eigenvalue weighted by Crippen LogP contribution is 2.29. The zero-order valence-electron chi connectivity index (χ0n) is 19.0. The lowest BCUT2D eigenvalue weighted by molar-refractivity contribution is 0.0746. The SMILES string of the molecule is Cc1cc(C)c(N2CCN(C(=O)c3ccc(N4[C@H](C)CCS4(=O)=O)cc3)CC2)nc1C.Cl. The topological polar surface area (TPSA) is 73.8 Å². The van der Waals surface area contributed by atoms with Crippen LogP contribution in [0, 0.1) is 20.8 Å². The van der Waals surface area contributed by atoms with E-state index in [1.54, 1.807) is 24.3 Å². The van der Waals surface area contributed by atoms with Crippen LogP contribution in [0.25, 0.3) is 0 Å². The van der Waals surface area contributed by atoms with E-state index < -0.39 is 10.0 Å². The second-order valence-electron chi connectivity index (χ2n) is 8.61. The number of rotatable bonds is 3. The van der Waals surface area contributed by atoms with Crippen LogP contribution < -0.4 is 9.21 Å². The number of carbonyl (C=O) groups excluding carboxylic acids is 1. The highest BCUT2D eigenvalue weighted by molar-refractivity contribution is 7.93. The summed E-state index contributed by atoms with van der Waals surface area (Å²) in [6, 6.07) is 9.07. The zero-order valence-corrected chi connectivity index (χ0v) is 20.7. The lowest BCUT2D eigenvalue weighted by Crippen LogP contribution is -2.49. The monoisotopic (exact) mass is 478 g/mol. The number of hydrogen-bond acceptors (Lipinski definition) is 5. The number of hydrogen-bond donors (Lipinski definition) is 0. The van der Waals surface area contributed by atoms with Crippen molar-refractivity contribution in [3.05, 3.63) is 52.7 Å². The minimum absolute atomic E-state index is 0. The van der Waals surface area contributed by atoms with Gasteiger partial charge in [-0.25, -0.2) is 13.4 Å². The largest absolute Gasteiger partial charge is 0.353 e. The fourth-order valence-electron chi connectivity index (χ4n) is 4.43. The van der Waals surface area contributed by atoms with Crippen LogP contribution in [0.1, 0.15) is 40.5 Å². The Morgan fingerprint density at radius 1 is 1.00 bits per heavy atom. The van der Waals surface area contributed by atoms with Gasteiger partial charge in [-0.1, -0.05) is 6.07 Å². The highest BCUT2D eigenvalue weighted by atomic mass is 35.5. The van der Waals surface area contributed by atoms with Crippen LogP contribution in [0.4, 0.5) is 11.5 Å². The number of sulfonamides is 1. The molecular weight excluding hydrogens is 448 g/mol. The van der Waals surface area contributed by atoms with Crippen molar-refractivity contribution in [2.75, 3.05) is 41.1 Å². The molecule has 4 rings (SSSR count). The summed E-state index contributed by atoms with van der Waals surface area (Å²) in [7, 11) is -3.26. The van der Waals surface area contributed by atoms with Gasteiger partial charge < -0.3 is 9.80 Å². The molecule has 1 amide bonds. The molecule has 9 heteroatoms. The van der Waals surface area contributed by atoms with Crippen LogP contribution in [0.3, 0.4) is 0 Å². The molecule has 1 aromatic carbocycles. The quantitative estimate of drug-likeness (QED) is 0.676. The summed E-state index contributed by atoms with van der Waals surface area (Å²) < 4.78 is 26.1. The Morgan fingerprint density at radius 2 is 1.62 bits per heavy atom. The fourth-order valence-corrected chi connectivity index (χ4v) is 6.36. The van der Waals surface area contributed by atoms with Crippen LogP contribution in [-0.2, 0) is 10.0 Å². The second-order valence-corrected chi connectivity index (χ2v) is 10.6. The van der Waals surface area contributed by atoms with Crippen molar-refractivity contribution in [2.24, 2.45) is 0 Å². The van der Waals surface area contributed by atoms with Gasteiger partial charge in [0.1, 0.15) is 5.82 Å². The molecule has 0 radical (unpaired) electrons. The van der Waals surface area contributed by atoms with Crippen molar-refractivity contribution in [2.45, 2.75) is 40.2 Å². The Morgan fingerprint density at radius 3 is 2.19 bits per heavy atom. The third-order valence-electron chi connectivity index (χ3n) is 6.36. The molecule has 0 N–H and O–H groups in total. The smallest absolute Gasteiger partial charge is 0.253 e. The Hall–Kier alpha value is -2.32. The summed E-state index contributed by atoms with van der Waals surface area (Å²) >= 11 is 0. The fraction of sp³-hybridized carbons (Fsp3) is 0.478. The lowest BCUT2D eigenvalue weighted by atomic mass is 10.1. The number of amides is 1. The lowest BCUT2D eigenvalue weighted by Gasteiger charge is -2.36. The molecule has 0 spiro atoms. The number of pyridine rings is 1. The molecule has 0 aliphatic carbocycles. The van der Waals surface area contributed by atoms with Gasteiger partial charge in [0.2, 0.25) is 10.0 Å². The minimum Gasteiger partial charge on any atom is -0.353 e. The van der Waals surface area contributed by atoms with Crippen LogP contribution >= 0.6 is 12.4 Å². The summed E-state index contributed by atoms with van der Waals surface area (Å²) in [4.78, 5) is 21.9. The molecule has 2 saturated heterocycles. The Kier molecular flexibility index (Phi) is 7.05. The first-order chi connectivity index (χ1) is 14.7. The van der Waals surface area contributed by atoms with Gasteiger partial charge in [0, 0.05) is 43.5 Å². The number of aromatic nitrogens is 1.